The Morgan fingerprint density at radius 1 is 1.16 bits per heavy atom. The summed E-state index contributed by atoms with van der Waals surface area (Å²) in [6.45, 7) is 3.20. The van der Waals surface area contributed by atoms with Crippen LogP contribution in [0.5, 0.6) is 0 Å². The number of aromatic carboxylic acids is 1. The Labute approximate surface area is 179 Å². The zero-order chi connectivity index (χ0) is 21.1. The van der Waals surface area contributed by atoms with Crippen LogP contribution >= 0.6 is 0 Å². The van der Waals surface area contributed by atoms with Gasteiger partial charge in [-0.15, -0.1) is 0 Å². The van der Waals surface area contributed by atoms with E-state index in [0.717, 1.165) is 58.6 Å². The third-order valence-corrected chi connectivity index (χ3v) is 6.61. The fraction of sp³-hybridized carbons (Fsp3) is 0.292. The molecule has 4 aromatic rings. The standard InChI is InChI=1S/C24H23N5O2/c25-22-21-20(16-4-7-18-15(8-16)2-1-3-19(18)24(30)31)12-29(23(21)27-13-26-22)11-14-9-28(10-14)17-5-6-17/h1-4,7-8,12-14,17H,5-6,9-11H2,(H,30,31)(H2,25,26,27). The maximum Gasteiger partial charge on any atom is 0.336 e. The summed E-state index contributed by atoms with van der Waals surface area (Å²) in [4.78, 5) is 22.9. The highest BCUT2D eigenvalue weighted by Crippen LogP contribution is 2.37. The minimum Gasteiger partial charge on any atom is -0.478 e. The first kappa shape index (κ1) is 18.3. The molecule has 0 unspecified atom stereocenters. The van der Waals surface area contributed by atoms with Crippen molar-refractivity contribution in [2.24, 2.45) is 5.92 Å². The van der Waals surface area contributed by atoms with Gasteiger partial charge in [0.1, 0.15) is 17.8 Å². The minimum atomic E-state index is -0.923. The van der Waals surface area contributed by atoms with E-state index < -0.39 is 5.97 Å². The van der Waals surface area contributed by atoms with Gasteiger partial charge in [-0.25, -0.2) is 14.8 Å². The van der Waals surface area contributed by atoms with Gasteiger partial charge < -0.3 is 15.4 Å². The normalized spacial score (nSPS) is 17.3. The van der Waals surface area contributed by atoms with Crippen LogP contribution in [-0.4, -0.2) is 49.6 Å². The summed E-state index contributed by atoms with van der Waals surface area (Å²) in [7, 11) is 0. The van der Waals surface area contributed by atoms with Crippen LogP contribution in [-0.2, 0) is 6.54 Å². The number of aromatic nitrogens is 3. The van der Waals surface area contributed by atoms with E-state index >= 15 is 0 Å². The molecule has 0 amide bonds. The maximum atomic E-state index is 11.6. The third kappa shape index (κ3) is 3.04. The average Bonchev–Trinajstić information content (AvgIpc) is 3.50. The van der Waals surface area contributed by atoms with Crippen molar-refractivity contribution in [3.8, 4) is 11.1 Å². The van der Waals surface area contributed by atoms with Crippen molar-refractivity contribution in [3.05, 3.63) is 54.5 Å². The molecule has 0 spiro atoms. The molecule has 2 aromatic carbocycles. The predicted molar refractivity (Wildman–Crippen MR) is 120 cm³/mol. The lowest BCUT2D eigenvalue weighted by Gasteiger charge is -2.39. The van der Waals surface area contributed by atoms with Crippen molar-refractivity contribution in [3.63, 3.8) is 0 Å². The Kier molecular flexibility index (Phi) is 4.01. The number of carbonyl (C=O) groups is 1. The minimum absolute atomic E-state index is 0.305. The van der Waals surface area contributed by atoms with Crippen LogP contribution in [0.3, 0.4) is 0 Å². The Balaban J connectivity index is 1.41. The topological polar surface area (TPSA) is 97.3 Å². The molecule has 3 heterocycles. The molecule has 1 saturated carbocycles. The molecular weight excluding hydrogens is 390 g/mol. The van der Waals surface area contributed by atoms with E-state index in [1.165, 1.54) is 19.2 Å². The number of nitrogen functional groups attached to an aromatic ring is 1. The summed E-state index contributed by atoms with van der Waals surface area (Å²) >= 11 is 0. The van der Waals surface area contributed by atoms with Gasteiger partial charge in [-0.1, -0.05) is 24.3 Å². The number of benzene rings is 2. The molecule has 1 saturated heterocycles. The first-order valence-electron chi connectivity index (χ1n) is 10.7. The van der Waals surface area contributed by atoms with Crippen molar-refractivity contribution in [1.29, 1.82) is 0 Å². The number of rotatable bonds is 5. The number of hydrogen-bond acceptors (Lipinski definition) is 5. The second-order valence-corrected chi connectivity index (χ2v) is 8.75. The number of hydrogen-bond donors (Lipinski definition) is 2. The third-order valence-electron chi connectivity index (χ3n) is 6.61. The van der Waals surface area contributed by atoms with E-state index in [-0.39, 0.29) is 0 Å². The first-order chi connectivity index (χ1) is 15.1. The fourth-order valence-corrected chi connectivity index (χ4v) is 4.88. The molecule has 0 bridgehead atoms. The molecule has 6 rings (SSSR count). The molecule has 1 aliphatic carbocycles. The highest BCUT2D eigenvalue weighted by atomic mass is 16.4. The highest BCUT2D eigenvalue weighted by Gasteiger charge is 2.38. The monoisotopic (exact) mass is 413 g/mol. The van der Waals surface area contributed by atoms with Gasteiger partial charge in [0.05, 0.1) is 10.9 Å². The second kappa shape index (κ2) is 6.78. The van der Waals surface area contributed by atoms with E-state index in [0.29, 0.717) is 17.3 Å². The maximum absolute atomic E-state index is 11.6. The number of carboxylic acids is 1. The average molecular weight is 413 g/mol. The lowest BCUT2D eigenvalue weighted by Crippen LogP contribution is -2.49. The van der Waals surface area contributed by atoms with Gasteiger partial charge in [0.15, 0.2) is 0 Å². The first-order valence-corrected chi connectivity index (χ1v) is 10.7. The van der Waals surface area contributed by atoms with Crippen LogP contribution in [0.1, 0.15) is 23.2 Å². The van der Waals surface area contributed by atoms with Crippen molar-refractivity contribution in [1.82, 2.24) is 19.4 Å². The van der Waals surface area contributed by atoms with E-state index in [1.54, 1.807) is 12.1 Å². The molecule has 0 radical (unpaired) electrons. The molecule has 1 aliphatic heterocycles. The fourth-order valence-electron chi connectivity index (χ4n) is 4.88. The van der Waals surface area contributed by atoms with Gasteiger partial charge in [0, 0.05) is 43.4 Å². The van der Waals surface area contributed by atoms with E-state index in [1.807, 2.05) is 24.3 Å². The lowest BCUT2D eigenvalue weighted by molar-refractivity contribution is 0.0699. The van der Waals surface area contributed by atoms with Crippen LogP contribution < -0.4 is 5.73 Å². The molecule has 2 aromatic heterocycles. The summed E-state index contributed by atoms with van der Waals surface area (Å²) in [6, 6.07) is 12.0. The molecular formula is C24H23N5O2. The second-order valence-electron chi connectivity index (χ2n) is 8.75. The largest absolute Gasteiger partial charge is 0.478 e. The number of nitrogens with two attached hydrogens (primary N) is 1. The van der Waals surface area contributed by atoms with Gasteiger partial charge in [-0.05, 0) is 41.3 Å². The zero-order valence-electron chi connectivity index (χ0n) is 17.0. The van der Waals surface area contributed by atoms with Crippen molar-refractivity contribution in [2.75, 3.05) is 18.8 Å². The van der Waals surface area contributed by atoms with Crippen molar-refractivity contribution in [2.45, 2.75) is 25.4 Å². The Bertz CT molecular complexity index is 1330. The summed E-state index contributed by atoms with van der Waals surface area (Å²) in [5.41, 5.74) is 9.40. The molecule has 2 aliphatic rings. The number of nitrogens with zero attached hydrogens (tertiary/aromatic N) is 4. The van der Waals surface area contributed by atoms with Crippen LogP contribution in [0.2, 0.25) is 0 Å². The van der Waals surface area contributed by atoms with Crippen LogP contribution in [0.15, 0.2) is 48.9 Å². The van der Waals surface area contributed by atoms with Crippen LogP contribution in [0.25, 0.3) is 32.9 Å². The van der Waals surface area contributed by atoms with Gasteiger partial charge in [-0.3, -0.25) is 4.90 Å². The molecule has 7 heteroatoms. The van der Waals surface area contributed by atoms with Crippen LogP contribution in [0.4, 0.5) is 5.82 Å². The number of anilines is 1. The van der Waals surface area contributed by atoms with Crippen LogP contribution in [0, 0.1) is 5.92 Å². The van der Waals surface area contributed by atoms with Gasteiger partial charge >= 0.3 is 5.97 Å². The summed E-state index contributed by atoms with van der Waals surface area (Å²) < 4.78 is 2.20. The number of fused-ring (bicyclic) bond motifs is 2. The number of carboxylic acid groups (broad SMARTS) is 1. The van der Waals surface area contributed by atoms with E-state index in [9.17, 15) is 9.90 Å². The molecule has 31 heavy (non-hydrogen) atoms. The van der Waals surface area contributed by atoms with Gasteiger partial charge in [-0.2, -0.15) is 0 Å². The Morgan fingerprint density at radius 3 is 2.77 bits per heavy atom. The predicted octanol–water partition coefficient (Wildman–Crippen LogP) is 3.63. The highest BCUT2D eigenvalue weighted by molar-refractivity contribution is 6.06. The molecule has 2 fully saturated rings. The molecule has 156 valence electrons. The summed E-state index contributed by atoms with van der Waals surface area (Å²) in [5.74, 6) is 0.162. The van der Waals surface area contributed by atoms with E-state index in [4.69, 9.17) is 5.73 Å². The molecule has 3 N–H and O–H groups in total. The number of likely N-dealkylation sites (tertiary alicyclic amines) is 1. The van der Waals surface area contributed by atoms with Gasteiger partial charge in [0.2, 0.25) is 0 Å². The quantitative estimate of drug-likeness (QED) is 0.519. The SMILES string of the molecule is Nc1ncnc2c1c(-c1ccc3c(C(=O)O)cccc3c1)cn2CC1CN(C2CC2)C1. The van der Waals surface area contributed by atoms with Crippen molar-refractivity contribution < 1.29 is 9.90 Å². The zero-order valence-corrected chi connectivity index (χ0v) is 17.0. The van der Waals surface area contributed by atoms with E-state index in [2.05, 4.69) is 25.6 Å². The summed E-state index contributed by atoms with van der Waals surface area (Å²) in [6.07, 6.45) is 6.34. The van der Waals surface area contributed by atoms with Gasteiger partial charge in [0.25, 0.3) is 0 Å². The smallest absolute Gasteiger partial charge is 0.336 e. The Hall–Kier alpha value is -3.45. The Morgan fingerprint density at radius 2 is 2.00 bits per heavy atom. The molecule has 7 nitrogen and oxygen atoms in total. The summed E-state index contributed by atoms with van der Waals surface area (Å²) in [5, 5.41) is 11.9. The van der Waals surface area contributed by atoms with Crippen molar-refractivity contribution >= 4 is 33.6 Å². The molecule has 0 atom stereocenters. The lowest BCUT2D eigenvalue weighted by atomic mass is 9.98.